The maximum absolute atomic E-state index is 12.3. The monoisotopic (exact) mass is 374 g/mol. The van der Waals surface area contributed by atoms with E-state index in [0.29, 0.717) is 6.54 Å². The standard InChI is InChI=1S/C18H19ClN4OS/c1-13-12-25-18-20-14(10-17(24)23(13)18)11-21-6-8-22(9-7-21)16-5-3-2-4-15(16)19/h2-5,10,12H,6-9,11H2,1H3. The molecule has 0 unspecified atom stereocenters. The number of rotatable bonds is 3. The van der Waals surface area contributed by atoms with Crippen molar-refractivity contribution < 1.29 is 0 Å². The molecule has 0 spiro atoms. The normalized spacial score (nSPS) is 15.8. The zero-order valence-electron chi connectivity index (χ0n) is 14.0. The highest BCUT2D eigenvalue weighted by Gasteiger charge is 2.19. The predicted octanol–water partition coefficient (Wildman–Crippen LogP) is 3.04. The molecule has 2 aromatic heterocycles. The van der Waals surface area contributed by atoms with Crippen LogP contribution in [0.2, 0.25) is 5.02 Å². The van der Waals surface area contributed by atoms with Crippen molar-refractivity contribution in [2.75, 3.05) is 31.1 Å². The summed E-state index contributed by atoms with van der Waals surface area (Å²) in [5, 5.41) is 2.76. The first-order valence-corrected chi connectivity index (χ1v) is 9.56. The van der Waals surface area contributed by atoms with E-state index in [1.807, 2.05) is 30.5 Å². The minimum Gasteiger partial charge on any atom is -0.368 e. The molecule has 1 aliphatic heterocycles. The highest BCUT2D eigenvalue weighted by atomic mass is 35.5. The summed E-state index contributed by atoms with van der Waals surface area (Å²) < 4.78 is 1.67. The van der Waals surface area contributed by atoms with Gasteiger partial charge in [0, 0.05) is 49.9 Å². The molecule has 3 aromatic rings. The molecule has 0 amide bonds. The van der Waals surface area contributed by atoms with E-state index in [0.717, 1.165) is 53.2 Å². The van der Waals surface area contributed by atoms with Crippen LogP contribution in [-0.2, 0) is 6.54 Å². The van der Waals surface area contributed by atoms with Crippen molar-refractivity contribution in [3.63, 3.8) is 0 Å². The number of hydrogen-bond donors (Lipinski definition) is 0. The van der Waals surface area contributed by atoms with Crippen LogP contribution >= 0.6 is 22.9 Å². The van der Waals surface area contributed by atoms with E-state index in [9.17, 15) is 4.79 Å². The van der Waals surface area contributed by atoms with Crippen LogP contribution in [0.1, 0.15) is 11.4 Å². The van der Waals surface area contributed by atoms with E-state index in [4.69, 9.17) is 11.6 Å². The number of piperazine rings is 1. The molecule has 0 N–H and O–H groups in total. The minimum absolute atomic E-state index is 0.00783. The topological polar surface area (TPSA) is 40.9 Å². The molecule has 7 heteroatoms. The molecule has 130 valence electrons. The van der Waals surface area contributed by atoms with Crippen LogP contribution in [0, 0.1) is 6.92 Å². The molecule has 0 radical (unpaired) electrons. The Balaban J connectivity index is 1.45. The van der Waals surface area contributed by atoms with Crippen molar-refractivity contribution in [1.29, 1.82) is 0 Å². The van der Waals surface area contributed by atoms with Gasteiger partial charge in [0.05, 0.1) is 16.4 Å². The fourth-order valence-corrected chi connectivity index (χ4v) is 4.41. The summed E-state index contributed by atoms with van der Waals surface area (Å²) in [6.45, 7) is 6.33. The quantitative estimate of drug-likeness (QED) is 0.706. The third kappa shape index (κ3) is 3.29. The molecule has 1 aromatic carbocycles. The van der Waals surface area contributed by atoms with E-state index >= 15 is 0 Å². The Hall–Kier alpha value is -1.89. The van der Waals surface area contributed by atoms with Gasteiger partial charge in [0.1, 0.15) is 0 Å². The Morgan fingerprint density at radius 2 is 1.96 bits per heavy atom. The molecule has 0 atom stereocenters. The van der Waals surface area contributed by atoms with Crippen LogP contribution in [0.3, 0.4) is 0 Å². The molecule has 4 rings (SSSR count). The Kier molecular flexibility index (Phi) is 4.50. The molecule has 0 saturated carbocycles. The van der Waals surface area contributed by atoms with Crippen molar-refractivity contribution >= 4 is 33.6 Å². The first-order chi connectivity index (χ1) is 12.1. The maximum atomic E-state index is 12.3. The summed E-state index contributed by atoms with van der Waals surface area (Å²) in [7, 11) is 0. The van der Waals surface area contributed by atoms with Crippen LogP contribution in [0.5, 0.6) is 0 Å². The van der Waals surface area contributed by atoms with Gasteiger partial charge in [-0.1, -0.05) is 23.7 Å². The van der Waals surface area contributed by atoms with Crippen molar-refractivity contribution in [2.24, 2.45) is 0 Å². The zero-order chi connectivity index (χ0) is 17.4. The Labute approximate surface area is 155 Å². The van der Waals surface area contributed by atoms with E-state index < -0.39 is 0 Å². The first kappa shape index (κ1) is 16.6. The van der Waals surface area contributed by atoms with E-state index in [1.54, 1.807) is 10.5 Å². The molecule has 1 fully saturated rings. The lowest BCUT2D eigenvalue weighted by molar-refractivity contribution is 0.247. The van der Waals surface area contributed by atoms with Gasteiger partial charge < -0.3 is 4.90 Å². The average Bonchev–Trinajstić information content (AvgIpc) is 2.98. The van der Waals surface area contributed by atoms with Crippen molar-refractivity contribution in [3.8, 4) is 0 Å². The van der Waals surface area contributed by atoms with Crippen LogP contribution in [0.15, 0.2) is 40.5 Å². The Bertz CT molecular complexity index is 959. The first-order valence-electron chi connectivity index (χ1n) is 8.30. The van der Waals surface area contributed by atoms with Crippen LogP contribution in [0.25, 0.3) is 4.96 Å². The molecular formula is C18H19ClN4OS. The number of benzene rings is 1. The van der Waals surface area contributed by atoms with Gasteiger partial charge in [0.2, 0.25) is 0 Å². The lowest BCUT2D eigenvalue weighted by Gasteiger charge is -2.36. The third-order valence-electron chi connectivity index (χ3n) is 4.58. The molecule has 0 aliphatic carbocycles. The number of halogens is 1. The van der Waals surface area contributed by atoms with E-state index in [-0.39, 0.29) is 5.56 Å². The number of para-hydroxylation sites is 1. The van der Waals surface area contributed by atoms with Gasteiger partial charge in [0.25, 0.3) is 5.56 Å². The summed E-state index contributed by atoms with van der Waals surface area (Å²) in [5.74, 6) is 0. The largest absolute Gasteiger partial charge is 0.368 e. The fraction of sp³-hybridized carbons (Fsp3) is 0.333. The SMILES string of the molecule is Cc1csc2nc(CN3CCN(c4ccccc4Cl)CC3)cc(=O)n12. The van der Waals surface area contributed by atoms with Gasteiger partial charge in [-0.25, -0.2) is 4.98 Å². The number of fused-ring (bicyclic) bond motifs is 1. The second-order valence-corrected chi connectivity index (χ2v) is 7.54. The van der Waals surface area contributed by atoms with Gasteiger partial charge >= 0.3 is 0 Å². The van der Waals surface area contributed by atoms with Gasteiger partial charge in [-0.3, -0.25) is 14.1 Å². The average molecular weight is 375 g/mol. The second kappa shape index (κ2) is 6.78. The number of thiazole rings is 1. The van der Waals surface area contributed by atoms with Gasteiger partial charge in [0.15, 0.2) is 4.96 Å². The predicted molar refractivity (Wildman–Crippen MR) is 103 cm³/mol. The van der Waals surface area contributed by atoms with Gasteiger partial charge in [-0.2, -0.15) is 0 Å². The van der Waals surface area contributed by atoms with E-state index in [1.165, 1.54) is 11.3 Å². The van der Waals surface area contributed by atoms with Crippen LogP contribution in [-0.4, -0.2) is 40.5 Å². The summed E-state index contributed by atoms with van der Waals surface area (Å²) in [5.41, 5.74) is 2.89. The summed E-state index contributed by atoms with van der Waals surface area (Å²) in [6.07, 6.45) is 0. The highest BCUT2D eigenvalue weighted by molar-refractivity contribution is 7.15. The summed E-state index contributed by atoms with van der Waals surface area (Å²) in [4.78, 5) is 22.4. The number of aromatic nitrogens is 2. The smallest absolute Gasteiger partial charge is 0.259 e. The molecular weight excluding hydrogens is 356 g/mol. The number of hydrogen-bond acceptors (Lipinski definition) is 5. The molecule has 1 saturated heterocycles. The second-order valence-electron chi connectivity index (χ2n) is 6.30. The maximum Gasteiger partial charge on any atom is 0.259 e. The van der Waals surface area contributed by atoms with Gasteiger partial charge in [-0.05, 0) is 19.1 Å². The zero-order valence-corrected chi connectivity index (χ0v) is 15.6. The summed E-state index contributed by atoms with van der Waals surface area (Å²) in [6, 6.07) is 9.62. The van der Waals surface area contributed by atoms with Crippen LogP contribution < -0.4 is 10.5 Å². The highest BCUT2D eigenvalue weighted by Crippen LogP contribution is 2.26. The lowest BCUT2D eigenvalue weighted by atomic mass is 10.2. The number of nitrogens with zero attached hydrogens (tertiary/aromatic N) is 4. The molecule has 25 heavy (non-hydrogen) atoms. The van der Waals surface area contributed by atoms with Crippen molar-refractivity contribution in [1.82, 2.24) is 14.3 Å². The van der Waals surface area contributed by atoms with Crippen molar-refractivity contribution in [2.45, 2.75) is 13.5 Å². The fourth-order valence-electron chi connectivity index (χ4n) is 3.27. The third-order valence-corrected chi connectivity index (χ3v) is 5.84. The van der Waals surface area contributed by atoms with Crippen LogP contribution in [0.4, 0.5) is 5.69 Å². The molecule has 1 aliphatic rings. The number of aryl methyl sites for hydroxylation is 1. The van der Waals surface area contributed by atoms with E-state index in [2.05, 4.69) is 20.9 Å². The van der Waals surface area contributed by atoms with Crippen molar-refractivity contribution in [3.05, 3.63) is 62.5 Å². The Morgan fingerprint density at radius 3 is 2.72 bits per heavy atom. The molecule has 0 bridgehead atoms. The molecule has 3 heterocycles. The molecule has 5 nitrogen and oxygen atoms in total. The lowest BCUT2D eigenvalue weighted by Crippen LogP contribution is -2.46. The number of anilines is 1. The Morgan fingerprint density at radius 1 is 1.20 bits per heavy atom. The minimum atomic E-state index is 0.00783. The summed E-state index contributed by atoms with van der Waals surface area (Å²) >= 11 is 7.81. The van der Waals surface area contributed by atoms with Gasteiger partial charge in [-0.15, -0.1) is 11.3 Å².